The van der Waals surface area contributed by atoms with Crippen molar-refractivity contribution in [3.63, 3.8) is 0 Å². The number of hydrogen-bond donors (Lipinski definition) is 1. The summed E-state index contributed by atoms with van der Waals surface area (Å²) < 4.78 is 40.8. The fraction of sp³-hybridized carbons (Fsp3) is 0.200. The van der Waals surface area contributed by atoms with E-state index in [1.165, 1.54) is 18.2 Å². The van der Waals surface area contributed by atoms with Crippen LogP contribution in [-0.2, 0) is 6.54 Å². The van der Waals surface area contributed by atoms with Crippen LogP contribution in [0.3, 0.4) is 0 Å². The van der Waals surface area contributed by atoms with E-state index in [1.807, 2.05) is 0 Å². The molecule has 0 heterocycles. The van der Waals surface area contributed by atoms with E-state index in [2.05, 4.69) is 21.2 Å². The molecule has 0 spiro atoms. The average Bonchev–Trinajstić information content (AvgIpc) is 2.39. The molecule has 1 atom stereocenters. The van der Waals surface area contributed by atoms with Gasteiger partial charge in [-0.2, -0.15) is 0 Å². The third-order valence-corrected chi connectivity index (χ3v) is 3.53. The van der Waals surface area contributed by atoms with Crippen LogP contribution in [0.25, 0.3) is 0 Å². The zero-order valence-electron chi connectivity index (χ0n) is 10.8. The van der Waals surface area contributed by atoms with Crippen molar-refractivity contribution in [1.29, 1.82) is 0 Å². The maximum Gasteiger partial charge on any atom is 0.130 e. The Bertz CT molecular complexity index is 616. The fourth-order valence-electron chi connectivity index (χ4n) is 1.90. The Kier molecular flexibility index (Phi) is 4.83. The van der Waals surface area contributed by atoms with E-state index < -0.39 is 11.6 Å². The third kappa shape index (κ3) is 3.61. The minimum atomic E-state index is -0.614. The van der Waals surface area contributed by atoms with Gasteiger partial charge in [-0.3, -0.25) is 0 Å². The topological polar surface area (TPSA) is 12.0 Å². The first-order valence-corrected chi connectivity index (χ1v) is 6.89. The van der Waals surface area contributed by atoms with Crippen molar-refractivity contribution >= 4 is 15.9 Å². The molecule has 0 aliphatic heterocycles. The van der Waals surface area contributed by atoms with Gasteiger partial charge >= 0.3 is 0 Å². The van der Waals surface area contributed by atoms with Gasteiger partial charge in [0, 0.05) is 34.3 Å². The summed E-state index contributed by atoms with van der Waals surface area (Å²) >= 11 is 3.27. The summed E-state index contributed by atoms with van der Waals surface area (Å²) in [7, 11) is 0. The molecule has 1 N–H and O–H groups in total. The zero-order chi connectivity index (χ0) is 14.7. The molecular formula is C15H13BrF3N. The molecule has 1 unspecified atom stereocenters. The highest BCUT2D eigenvalue weighted by Gasteiger charge is 2.12. The standard InChI is InChI=1S/C15H13BrF3N/c1-9(13-4-3-12(17)7-15(13)19)20-8-10-6-11(16)2-5-14(10)18/h2-7,9,20H,8H2,1H3. The summed E-state index contributed by atoms with van der Waals surface area (Å²) in [6, 6.07) is 7.72. The van der Waals surface area contributed by atoms with Crippen LogP contribution in [0, 0.1) is 17.5 Å². The second kappa shape index (κ2) is 6.41. The minimum Gasteiger partial charge on any atom is -0.306 e. The average molecular weight is 344 g/mol. The lowest BCUT2D eigenvalue weighted by Crippen LogP contribution is -2.20. The lowest BCUT2D eigenvalue weighted by atomic mass is 10.1. The van der Waals surface area contributed by atoms with Gasteiger partial charge in [-0.1, -0.05) is 22.0 Å². The van der Waals surface area contributed by atoms with Crippen LogP contribution < -0.4 is 5.32 Å². The van der Waals surface area contributed by atoms with Crippen LogP contribution in [-0.4, -0.2) is 0 Å². The Hall–Kier alpha value is -1.33. The molecule has 0 aliphatic carbocycles. The van der Waals surface area contributed by atoms with Crippen molar-refractivity contribution in [1.82, 2.24) is 5.32 Å². The molecule has 0 radical (unpaired) electrons. The van der Waals surface area contributed by atoms with Gasteiger partial charge in [0.2, 0.25) is 0 Å². The van der Waals surface area contributed by atoms with E-state index in [1.54, 1.807) is 19.1 Å². The highest BCUT2D eigenvalue weighted by Crippen LogP contribution is 2.20. The van der Waals surface area contributed by atoms with Gasteiger partial charge in [0.25, 0.3) is 0 Å². The van der Waals surface area contributed by atoms with Gasteiger partial charge in [0.05, 0.1) is 0 Å². The summed E-state index contributed by atoms with van der Waals surface area (Å²) in [5.74, 6) is -1.55. The monoisotopic (exact) mass is 343 g/mol. The van der Waals surface area contributed by atoms with Crippen LogP contribution in [0.4, 0.5) is 13.2 Å². The summed E-state index contributed by atoms with van der Waals surface area (Å²) in [6.07, 6.45) is 0. The molecule has 0 aromatic heterocycles. The smallest absolute Gasteiger partial charge is 0.130 e. The van der Waals surface area contributed by atoms with Crippen molar-refractivity contribution in [2.24, 2.45) is 0 Å². The molecule has 106 valence electrons. The largest absolute Gasteiger partial charge is 0.306 e. The Labute approximate surface area is 123 Å². The second-order valence-corrected chi connectivity index (χ2v) is 5.42. The lowest BCUT2D eigenvalue weighted by molar-refractivity contribution is 0.508. The molecule has 0 saturated carbocycles. The van der Waals surface area contributed by atoms with E-state index in [4.69, 9.17) is 0 Å². The van der Waals surface area contributed by atoms with Crippen LogP contribution in [0.15, 0.2) is 40.9 Å². The third-order valence-electron chi connectivity index (χ3n) is 3.04. The molecule has 0 fully saturated rings. The van der Waals surface area contributed by atoms with Crippen LogP contribution in [0.1, 0.15) is 24.1 Å². The molecule has 0 amide bonds. The van der Waals surface area contributed by atoms with Crippen molar-refractivity contribution < 1.29 is 13.2 Å². The summed E-state index contributed by atoms with van der Waals surface area (Å²) in [4.78, 5) is 0. The Morgan fingerprint density at radius 1 is 1.05 bits per heavy atom. The van der Waals surface area contributed by atoms with E-state index in [0.717, 1.165) is 10.5 Å². The molecule has 0 saturated heterocycles. The van der Waals surface area contributed by atoms with Crippen molar-refractivity contribution in [3.8, 4) is 0 Å². The maximum atomic E-state index is 13.6. The molecule has 1 nitrogen and oxygen atoms in total. The van der Waals surface area contributed by atoms with Gasteiger partial charge in [0.1, 0.15) is 17.5 Å². The number of halogens is 4. The highest BCUT2D eigenvalue weighted by molar-refractivity contribution is 9.10. The number of benzene rings is 2. The molecule has 20 heavy (non-hydrogen) atoms. The van der Waals surface area contributed by atoms with Gasteiger partial charge in [0.15, 0.2) is 0 Å². The zero-order valence-corrected chi connectivity index (χ0v) is 12.3. The fourth-order valence-corrected chi connectivity index (χ4v) is 2.31. The molecule has 2 aromatic rings. The number of nitrogens with one attached hydrogen (secondary N) is 1. The van der Waals surface area contributed by atoms with Crippen LogP contribution >= 0.6 is 15.9 Å². The predicted octanol–water partition coefficient (Wildman–Crippen LogP) is 4.72. The quantitative estimate of drug-likeness (QED) is 0.847. The van der Waals surface area contributed by atoms with E-state index in [0.29, 0.717) is 11.1 Å². The predicted molar refractivity (Wildman–Crippen MR) is 75.7 cm³/mol. The molecule has 5 heteroatoms. The lowest BCUT2D eigenvalue weighted by Gasteiger charge is -2.15. The summed E-state index contributed by atoms with van der Waals surface area (Å²) in [5.41, 5.74) is 0.829. The Balaban J connectivity index is 2.08. The van der Waals surface area contributed by atoms with Crippen molar-refractivity contribution in [3.05, 3.63) is 69.4 Å². The molecule has 0 bridgehead atoms. The summed E-state index contributed by atoms with van der Waals surface area (Å²) in [6.45, 7) is 2.00. The number of rotatable bonds is 4. The molecule has 2 aromatic carbocycles. The van der Waals surface area contributed by atoms with Crippen molar-refractivity contribution in [2.75, 3.05) is 0 Å². The SMILES string of the molecule is CC(NCc1cc(Br)ccc1F)c1ccc(F)cc1F. The van der Waals surface area contributed by atoms with Crippen LogP contribution in [0.5, 0.6) is 0 Å². The summed E-state index contributed by atoms with van der Waals surface area (Å²) in [5, 5.41) is 3.02. The van der Waals surface area contributed by atoms with Gasteiger partial charge in [-0.15, -0.1) is 0 Å². The van der Waals surface area contributed by atoms with E-state index in [9.17, 15) is 13.2 Å². The number of hydrogen-bond acceptors (Lipinski definition) is 1. The first-order valence-electron chi connectivity index (χ1n) is 6.09. The first kappa shape index (κ1) is 15.1. The minimum absolute atomic E-state index is 0.253. The van der Waals surface area contributed by atoms with Gasteiger partial charge in [-0.25, -0.2) is 13.2 Å². The van der Waals surface area contributed by atoms with E-state index in [-0.39, 0.29) is 18.4 Å². The normalized spacial score (nSPS) is 12.4. The van der Waals surface area contributed by atoms with Gasteiger partial charge < -0.3 is 5.32 Å². The highest BCUT2D eigenvalue weighted by atomic mass is 79.9. The van der Waals surface area contributed by atoms with Gasteiger partial charge in [-0.05, 0) is 31.2 Å². The Morgan fingerprint density at radius 3 is 2.50 bits per heavy atom. The first-order chi connectivity index (χ1) is 9.47. The Morgan fingerprint density at radius 2 is 1.80 bits per heavy atom. The molecule has 2 rings (SSSR count). The van der Waals surface area contributed by atoms with E-state index >= 15 is 0 Å². The second-order valence-electron chi connectivity index (χ2n) is 4.50. The molecule has 0 aliphatic rings. The molecular weight excluding hydrogens is 331 g/mol. The van der Waals surface area contributed by atoms with Crippen molar-refractivity contribution in [2.45, 2.75) is 19.5 Å². The van der Waals surface area contributed by atoms with Crippen LogP contribution in [0.2, 0.25) is 0 Å². The maximum absolute atomic E-state index is 13.6.